The molecule has 0 saturated carbocycles. The molecule has 0 bridgehead atoms. The molecule has 0 aliphatic heterocycles. The highest BCUT2D eigenvalue weighted by Crippen LogP contribution is 2.21. The number of aromatic nitrogens is 6. The molecule has 2 aromatic heterocycles. The van der Waals surface area contributed by atoms with Crippen molar-refractivity contribution in [2.24, 2.45) is 0 Å². The molecule has 2 heterocycles. The predicted octanol–water partition coefficient (Wildman–Crippen LogP) is 3.87. The van der Waals surface area contributed by atoms with Gasteiger partial charge in [-0.15, -0.1) is 5.10 Å². The molecule has 2 aromatic carbocycles. The van der Waals surface area contributed by atoms with Crippen LogP contribution in [0.2, 0.25) is 0 Å². The maximum absolute atomic E-state index is 8.91. The van der Waals surface area contributed by atoms with Gasteiger partial charge in [0.25, 0.3) is 0 Å². The summed E-state index contributed by atoms with van der Waals surface area (Å²) in [6.07, 6.45) is 1.80. The van der Waals surface area contributed by atoms with E-state index in [-0.39, 0.29) is 0 Å². The zero-order valence-electron chi connectivity index (χ0n) is 13.9. The van der Waals surface area contributed by atoms with E-state index in [9.17, 15) is 0 Å². The summed E-state index contributed by atoms with van der Waals surface area (Å²) in [7, 11) is 0. The van der Waals surface area contributed by atoms with Gasteiger partial charge in [-0.05, 0) is 52.4 Å². The van der Waals surface area contributed by atoms with Crippen LogP contribution >= 0.6 is 28.1 Å². The monoisotopic (exact) mass is 437 g/mol. The molecule has 4 rings (SSSR count). The largest absolute Gasteiger partial charge is 0.299 e. The van der Waals surface area contributed by atoms with Crippen LogP contribution in [0.25, 0.3) is 17.1 Å². The minimum absolute atomic E-state index is 0.478. The second kappa shape index (κ2) is 7.26. The zero-order valence-corrected chi connectivity index (χ0v) is 16.3. The number of H-pyrrole nitrogens is 1. The summed E-state index contributed by atoms with van der Waals surface area (Å²) < 4.78 is 5.08. The number of rotatable bonds is 4. The van der Waals surface area contributed by atoms with E-state index in [1.807, 2.05) is 36.4 Å². The second-order valence-electron chi connectivity index (χ2n) is 5.77. The quantitative estimate of drug-likeness (QED) is 0.489. The van der Waals surface area contributed by atoms with Gasteiger partial charge in [0.2, 0.25) is 0 Å². The molecule has 0 aliphatic carbocycles. The SMILES string of the molecule is N#Cc1ccc(Cn2nnnc2-c2c[nH]n(-c3ccc(Br)cc3)c2=S)cc1. The standard InChI is InChI=1S/C18H12BrN7S/c19-14-5-7-15(8-6-14)26-18(27)16(10-21-26)17-22-23-24-25(17)11-13-3-1-12(9-20)2-4-13/h1-8,10,21H,11H2. The van der Waals surface area contributed by atoms with Gasteiger partial charge >= 0.3 is 0 Å². The van der Waals surface area contributed by atoms with Crippen molar-refractivity contribution in [1.82, 2.24) is 30.0 Å². The number of hydrogen-bond donors (Lipinski definition) is 1. The molecule has 7 nitrogen and oxygen atoms in total. The first-order valence-corrected chi connectivity index (χ1v) is 9.18. The Labute approximate surface area is 168 Å². The van der Waals surface area contributed by atoms with E-state index in [0.29, 0.717) is 22.6 Å². The maximum atomic E-state index is 8.91. The van der Waals surface area contributed by atoms with Gasteiger partial charge in [-0.1, -0.05) is 40.3 Å². The molecule has 4 aromatic rings. The average Bonchev–Trinajstić information content (AvgIpc) is 3.29. The smallest absolute Gasteiger partial charge is 0.186 e. The molecule has 0 amide bonds. The van der Waals surface area contributed by atoms with E-state index in [2.05, 4.69) is 42.6 Å². The number of benzene rings is 2. The van der Waals surface area contributed by atoms with Crippen molar-refractivity contribution in [2.45, 2.75) is 6.54 Å². The molecule has 0 unspecified atom stereocenters. The number of hydrogen-bond acceptors (Lipinski definition) is 5. The third kappa shape index (κ3) is 3.45. The Hall–Kier alpha value is -3.09. The van der Waals surface area contributed by atoms with Crippen LogP contribution < -0.4 is 0 Å². The summed E-state index contributed by atoms with van der Waals surface area (Å²) in [5.41, 5.74) is 3.27. The van der Waals surface area contributed by atoms with Gasteiger partial charge in [0.15, 0.2) is 5.82 Å². The number of aromatic amines is 1. The van der Waals surface area contributed by atoms with Gasteiger partial charge in [0, 0.05) is 10.7 Å². The van der Waals surface area contributed by atoms with Crippen LogP contribution in [0.5, 0.6) is 0 Å². The highest BCUT2D eigenvalue weighted by molar-refractivity contribution is 9.10. The van der Waals surface area contributed by atoms with E-state index in [0.717, 1.165) is 21.3 Å². The van der Waals surface area contributed by atoms with Crippen molar-refractivity contribution in [3.8, 4) is 23.1 Å². The van der Waals surface area contributed by atoms with Crippen molar-refractivity contribution in [3.63, 3.8) is 0 Å². The van der Waals surface area contributed by atoms with Crippen molar-refractivity contribution in [3.05, 3.63) is 75.0 Å². The zero-order chi connectivity index (χ0) is 18.8. The molecule has 132 valence electrons. The van der Waals surface area contributed by atoms with E-state index < -0.39 is 0 Å². The number of nitrogens with zero attached hydrogens (tertiary/aromatic N) is 6. The number of nitriles is 1. The second-order valence-corrected chi connectivity index (χ2v) is 7.08. The van der Waals surface area contributed by atoms with E-state index >= 15 is 0 Å². The summed E-state index contributed by atoms with van der Waals surface area (Å²) in [6.45, 7) is 0.478. The Bertz CT molecular complexity index is 1180. The highest BCUT2D eigenvalue weighted by Gasteiger charge is 2.15. The molecule has 0 fully saturated rings. The van der Waals surface area contributed by atoms with Gasteiger partial charge in [-0.2, -0.15) is 5.26 Å². The maximum Gasteiger partial charge on any atom is 0.186 e. The van der Waals surface area contributed by atoms with Crippen LogP contribution in [0, 0.1) is 16.0 Å². The summed E-state index contributed by atoms with van der Waals surface area (Å²) in [6, 6.07) is 17.2. The Balaban J connectivity index is 1.67. The number of tetrazole rings is 1. The lowest BCUT2D eigenvalue weighted by Crippen LogP contribution is -2.04. The lowest BCUT2D eigenvalue weighted by atomic mass is 10.1. The molecule has 0 atom stereocenters. The van der Waals surface area contributed by atoms with Crippen LogP contribution in [0.1, 0.15) is 11.1 Å². The molecule has 0 spiro atoms. The summed E-state index contributed by atoms with van der Waals surface area (Å²) in [4.78, 5) is 0. The molecule has 0 aliphatic rings. The molecule has 0 saturated heterocycles. The first-order chi connectivity index (χ1) is 13.2. The summed E-state index contributed by atoms with van der Waals surface area (Å²) in [5.74, 6) is 0.580. The predicted molar refractivity (Wildman–Crippen MR) is 106 cm³/mol. The summed E-state index contributed by atoms with van der Waals surface area (Å²) in [5, 5.41) is 24.1. The lowest BCUT2D eigenvalue weighted by molar-refractivity contribution is 0.653. The molecular weight excluding hydrogens is 426 g/mol. The van der Waals surface area contributed by atoms with Crippen LogP contribution in [-0.4, -0.2) is 30.0 Å². The fraction of sp³-hybridized carbons (Fsp3) is 0.0556. The first-order valence-electron chi connectivity index (χ1n) is 7.97. The minimum atomic E-state index is 0.478. The van der Waals surface area contributed by atoms with Crippen molar-refractivity contribution < 1.29 is 0 Å². The fourth-order valence-corrected chi connectivity index (χ4v) is 3.25. The first kappa shape index (κ1) is 17.3. The molecule has 9 heteroatoms. The fourth-order valence-electron chi connectivity index (χ4n) is 2.67. The third-order valence-electron chi connectivity index (χ3n) is 4.04. The molecule has 1 N–H and O–H groups in total. The van der Waals surface area contributed by atoms with Crippen LogP contribution in [0.4, 0.5) is 0 Å². The Kier molecular flexibility index (Phi) is 4.66. The van der Waals surface area contributed by atoms with Gasteiger partial charge < -0.3 is 0 Å². The normalized spacial score (nSPS) is 10.7. The Morgan fingerprint density at radius 1 is 1.11 bits per heavy atom. The highest BCUT2D eigenvalue weighted by atomic mass is 79.9. The minimum Gasteiger partial charge on any atom is -0.299 e. The molecule has 27 heavy (non-hydrogen) atoms. The van der Waals surface area contributed by atoms with Gasteiger partial charge in [-0.25, -0.2) is 9.36 Å². The van der Waals surface area contributed by atoms with Crippen LogP contribution in [-0.2, 0) is 6.54 Å². The average molecular weight is 438 g/mol. The van der Waals surface area contributed by atoms with Gasteiger partial charge in [-0.3, -0.25) is 5.10 Å². The van der Waals surface area contributed by atoms with E-state index in [1.165, 1.54) is 0 Å². The van der Waals surface area contributed by atoms with Crippen molar-refractivity contribution in [2.75, 3.05) is 0 Å². The van der Waals surface area contributed by atoms with E-state index in [4.69, 9.17) is 17.5 Å². The molecular formula is C18H12BrN7S. The van der Waals surface area contributed by atoms with Gasteiger partial charge in [0.05, 0.1) is 29.4 Å². The van der Waals surface area contributed by atoms with Crippen molar-refractivity contribution in [1.29, 1.82) is 5.26 Å². The van der Waals surface area contributed by atoms with Crippen molar-refractivity contribution >= 4 is 28.1 Å². The Morgan fingerprint density at radius 2 is 1.85 bits per heavy atom. The van der Waals surface area contributed by atoms with E-state index in [1.54, 1.807) is 27.7 Å². The third-order valence-corrected chi connectivity index (χ3v) is 4.98. The molecule has 0 radical (unpaired) electrons. The van der Waals surface area contributed by atoms with Gasteiger partial charge in [0.1, 0.15) is 4.64 Å². The van der Waals surface area contributed by atoms with Crippen LogP contribution in [0.15, 0.2) is 59.2 Å². The number of nitrogens with one attached hydrogen (secondary N) is 1. The number of halogens is 1. The summed E-state index contributed by atoms with van der Waals surface area (Å²) >= 11 is 9.05. The topological polar surface area (TPSA) is 88.1 Å². The lowest BCUT2D eigenvalue weighted by Gasteiger charge is -2.04. The van der Waals surface area contributed by atoms with Crippen LogP contribution in [0.3, 0.4) is 0 Å². The Morgan fingerprint density at radius 3 is 2.56 bits per heavy atom.